The number of halogens is 2. The Labute approximate surface area is 170 Å². The maximum Gasteiger partial charge on any atom is 0.193 e. The van der Waals surface area contributed by atoms with Crippen LogP contribution in [0.4, 0.5) is 0 Å². The third kappa shape index (κ3) is 5.88. The minimum Gasteiger partial charge on any atom is -0.379 e. The van der Waals surface area contributed by atoms with Crippen LogP contribution in [0.15, 0.2) is 33.7 Å². The molecule has 1 aromatic carbocycles. The molecule has 0 bridgehead atoms. The van der Waals surface area contributed by atoms with Crippen molar-refractivity contribution in [2.75, 3.05) is 33.9 Å². The Morgan fingerprint density at radius 3 is 2.67 bits per heavy atom. The summed E-state index contributed by atoms with van der Waals surface area (Å²) in [6, 6.07) is 9.12. The fourth-order valence-corrected chi connectivity index (χ4v) is 3.05. The van der Waals surface area contributed by atoms with Crippen LogP contribution in [-0.4, -0.2) is 50.8 Å². The van der Waals surface area contributed by atoms with Crippen LogP contribution >= 0.6 is 39.9 Å². The van der Waals surface area contributed by atoms with Crippen LogP contribution in [0.3, 0.4) is 0 Å². The zero-order valence-electron chi connectivity index (χ0n) is 14.4. The summed E-state index contributed by atoms with van der Waals surface area (Å²) in [5, 5.41) is 3.57. The normalized spacial score (nSPS) is 22.7. The van der Waals surface area contributed by atoms with Crippen LogP contribution in [0, 0.1) is 5.92 Å². The summed E-state index contributed by atoms with van der Waals surface area (Å²) >= 11 is 3.49. The highest BCUT2D eigenvalue weighted by molar-refractivity contribution is 14.0. The second-order valence-corrected chi connectivity index (χ2v) is 7.55. The zero-order valence-corrected chi connectivity index (χ0v) is 18.3. The van der Waals surface area contributed by atoms with Gasteiger partial charge in [-0.05, 0) is 42.9 Å². The highest BCUT2D eigenvalue weighted by atomic mass is 127. The van der Waals surface area contributed by atoms with Crippen LogP contribution in [0.1, 0.15) is 30.7 Å². The molecule has 2 saturated carbocycles. The van der Waals surface area contributed by atoms with E-state index in [-0.39, 0.29) is 24.0 Å². The van der Waals surface area contributed by atoms with E-state index in [9.17, 15) is 0 Å². The van der Waals surface area contributed by atoms with Gasteiger partial charge in [-0.15, -0.1) is 24.0 Å². The van der Waals surface area contributed by atoms with Gasteiger partial charge in [0.15, 0.2) is 5.96 Å². The highest BCUT2D eigenvalue weighted by Crippen LogP contribution is 2.41. The van der Waals surface area contributed by atoms with E-state index in [1.54, 1.807) is 0 Å². The first-order valence-corrected chi connectivity index (χ1v) is 9.24. The van der Waals surface area contributed by atoms with E-state index < -0.39 is 0 Å². The molecule has 4 nitrogen and oxygen atoms in total. The molecule has 134 valence electrons. The lowest BCUT2D eigenvalue weighted by Crippen LogP contribution is -2.42. The van der Waals surface area contributed by atoms with Crippen molar-refractivity contribution in [3.8, 4) is 0 Å². The third-order valence-corrected chi connectivity index (χ3v) is 5.13. The predicted octanol–water partition coefficient (Wildman–Crippen LogP) is 3.86. The number of benzene rings is 1. The van der Waals surface area contributed by atoms with Gasteiger partial charge in [-0.1, -0.05) is 28.1 Å². The van der Waals surface area contributed by atoms with E-state index >= 15 is 0 Å². The van der Waals surface area contributed by atoms with Crippen LogP contribution in [-0.2, 0) is 4.74 Å². The molecule has 3 rings (SSSR count). The van der Waals surface area contributed by atoms with Crippen LogP contribution in [0.25, 0.3) is 0 Å². The molecule has 2 fully saturated rings. The van der Waals surface area contributed by atoms with Gasteiger partial charge in [0, 0.05) is 43.7 Å². The maximum absolute atomic E-state index is 5.72. The fraction of sp³-hybridized carbons (Fsp3) is 0.611. The third-order valence-electron chi connectivity index (χ3n) is 4.60. The number of likely N-dealkylation sites (N-methyl/N-ethyl adjacent to an activating group) is 1. The van der Waals surface area contributed by atoms with E-state index in [0.29, 0.717) is 12.0 Å². The lowest BCUT2D eigenvalue weighted by molar-refractivity contribution is 0.115. The number of nitrogens with one attached hydrogen (secondary N) is 1. The van der Waals surface area contributed by atoms with E-state index in [2.05, 4.69) is 62.5 Å². The van der Waals surface area contributed by atoms with Gasteiger partial charge in [0.25, 0.3) is 0 Å². The molecule has 2 atom stereocenters. The molecule has 0 aromatic heterocycles. The summed E-state index contributed by atoms with van der Waals surface area (Å²) in [4.78, 5) is 6.56. The highest BCUT2D eigenvalue weighted by Gasteiger charge is 2.39. The number of hydrogen-bond donors (Lipinski definition) is 1. The number of guanidine groups is 1. The smallest absolute Gasteiger partial charge is 0.193 e. The molecule has 0 amide bonds. The summed E-state index contributed by atoms with van der Waals surface area (Å²) < 4.78 is 6.85. The summed E-state index contributed by atoms with van der Waals surface area (Å²) in [7, 11) is 3.92. The Hall–Kier alpha value is -0.340. The molecule has 0 spiro atoms. The van der Waals surface area contributed by atoms with Gasteiger partial charge < -0.3 is 15.0 Å². The lowest BCUT2D eigenvalue weighted by atomic mass is 10.1. The Kier molecular flexibility index (Phi) is 7.81. The van der Waals surface area contributed by atoms with Crippen molar-refractivity contribution in [3.05, 3.63) is 34.3 Å². The second-order valence-electron chi connectivity index (χ2n) is 6.63. The topological polar surface area (TPSA) is 36.9 Å². The van der Waals surface area contributed by atoms with Gasteiger partial charge in [0.2, 0.25) is 0 Å². The van der Waals surface area contributed by atoms with Crippen molar-refractivity contribution in [2.24, 2.45) is 10.9 Å². The van der Waals surface area contributed by atoms with Gasteiger partial charge in [-0.2, -0.15) is 0 Å². The molecule has 1 aromatic rings. The molecule has 0 radical (unpaired) electrons. The molecule has 0 heterocycles. The van der Waals surface area contributed by atoms with Crippen molar-refractivity contribution >= 4 is 45.9 Å². The van der Waals surface area contributed by atoms with Gasteiger partial charge in [0.05, 0.1) is 6.61 Å². The Balaban J connectivity index is 0.00000208. The quantitative estimate of drug-likeness (QED) is 0.263. The molecule has 2 aliphatic carbocycles. The number of aliphatic imine (C=N–C) groups is 1. The molecular formula is C18H27BrIN3O. The molecule has 2 aliphatic rings. The van der Waals surface area contributed by atoms with E-state index in [1.165, 1.54) is 24.8 Å². The summed E-state index contributed by atoms with van der Waals surface area (Å²) in [6.07, 6.45) is 3.86. The van der Waals surface area contributed by atoms with Crippen molar-refractivity contribution in [1.82, 2.24) is 10.2 Å². The Morgan fingerprint density at radius 1 is 1.33 bits per heavy atom. The number of hydrogen-bond acceptors (Lipinski definition) is 2. The largest absolute Gasteiger partial charge is 0.379 e. The summed E-state index contributed by atoms with van der Waals surface area (Å²) in [6.45, 7) is 2.57. The maximum atomic E-state index is 5.72. The molecule has 2 unspecified atom stereocenters. The van der Waals surface area contributed by atoms with Crippen LogP contribution < -0.4 is 5.32 Å². The fourth-order valence-electron chi connectivity index (χ4n) is 2.79. The van der Waals surface area contributed by atoms with Gasteiger partial charge >= 0.3 is 0 Å². The minimum absolute atomic E-state index is 0. The zero-order chi connectivity index (χ0) is 16.2. The van der Waals surface area contributed by atoms with E-state index in [4.69, 9.17) is 4.74 Å². The van der Waals surface area contributed by atoms with E-state index in [1.807, 2.05) is 7.05 Å². The van der Waals surface area contributed by atoms with Gasteiger partial charge in [-0.3, -0.25) is 4.99 Å². The van der Waals surface area contributed by atoms with Crippen molar-refractivity contribution in [1.29, 1.82) is 0 Å². The Morgan fingerprint density at radius 2 is 2.04 bits per heavy atom. The first kappa shape index (κ1) is 20.0. The number of ether oxygens (including phenoxy) is 1. The Bertz CT molecular complexity index is 548. The predicted molar refractivity (Wildman–Crippen MR) is 113 cm³/mol. The van der Waals surface area contributed by atoms with E-state index in [0.717, 1.165) is 36.1 Å². The first-order valence-electron chi connectivity index (χ1n) is 8.45. The molecule has 24 heavy (non-hydrogen) atoms. The second kappa shape index (κ2) is 9.38. The summed E-state index contributed by atoms with van der Waals surface area (Å²) in [5.74, 6) is 2.39. The monoisotopic (exact) mass is 507 g/mol. The SMILES string of the molecule is CN=C(NC1CC1c1ccc(Br)cc1)N(C)CCOCC1CC1.I. The molecule has 6 heteroatoms. The number of rotatable bonds is 7. The lowest BCUT2D eigenvalue weighted by Gasteiger charge is -2.22. The molecular weight excluding hydrogens is 481 g/mol. The van der Waals surface area contributed by atoms with Crippen molar-refractivity contribution in [2.45, 2.75) is 31.2 Å². The first-order chi connectivity index (χ1) is 11.2. The molecule has 1 N–H and O–H groups in total. The van der Waals surface area contributed by atoms with Gasteiger partial charge in [0.1, 0.15) is 0 Å². The number of nitrogens with zero attached hydrogens (tertiary/aromatic N) is 2. The van der Waals surface area contributed by atoms with Crippen molar-refractivity contribution < 1.29 is 4.74 Å². The standard InChI is InChI=1S/C18H26BrN3O.HI/c1-20-18(22(2)9-10-23-12-13-3-4-13)21-17-11-16(17)14-5-7-15(19)8-6-14;/h5-8,13,16-17H,3-4,9-12H2,1-2H3,(H,20,21);1H. The van der Waals surface area contributed by atoms with Crippen LogP contribution in [0.5, 0.6) is 0 Å². The minimum atomic E-state index is 0. The average molecular weight is 508 g/mol. The van der Waals surface area contributed by atoms with Crippen LogP contribution in [0.2, 0.25) is 0 Å². The van der Waals surface area contributed by atoms with Crippen molar-refractivity contribution in [3.63, 3.8) is 0 Å². The molecule has 0 aliphatic heterocycles. The summed E-state index contributed by atoms with van der Waals surface area (Å²) in [5.41, 5.74) is 1.40. The average Bonchev–Trinajstić information content (AvgIpc) is 3.45. The van der Waals surface area contributed by atoms with Gasteiger partial charge in [-0.25, -0.2) is 0 Å². The molecule has 0 saturated heterocycles.